The summed E-state index contributed by atoms with van der Waals surface area (Å²) < 4.78 is 8.19. The number of fused-ring (bicyclic) bond motifs is 2. The number of hydrogen-bond acceptors (Lipinski definition) is 3. The zero-order valence-corrected chi connectivity index (χ0v) is 17.1. The van der Waals surface area contributed by atoms with E-state index in [1.165, 1.54) is 11.8 Å². The van der Waals surface area contributed by atoms with Crippen LogP contribution in [0.15, 0.2) is 39.5 Å². The van der Waals surface area contributed by atoms with Gasteiger partial charge in [0.1, 0.15) is 5.58 Å². The van der Waals surface area contributed by atoms with E-state index in [1.807, 2.05) is 30.9 Å². The monoisotopic (exact) mass is 378 g/mol. The summed E-state index contributed by atoms with van der Waals surface area (Å²) in [6.45, 7) is 11.6. The van der Waals surface area contributed by atoms with Crippen molar-refractivity contribution in [3.05, 3.63) is 68.8 Å². The van der Waals surface area contributed by atoms with Crippen LogP contribution < -0.4 is 5.43 Å². The molecule has 3 heterocycles. The number of carbonyl (C=O) groups excluding carboxylic acids is 1. The Hall–Kier alpha value is -2.82. The topological polar surface area (TPSA) is 55.5 Å². The molecule has 1 aromatic carbocycles. The highest BCUT2D eigenvalue weighted by atomic mass is 16.3. The first-order chi connectivity index (χ1) is 13.3. The van der Waals surface area contributed by atoms with Crippen LogP contribution in [0.5, 0.6) is 0 Å². The molecule has 0 radical (unpaired) electrons. The third kappa shape index (κ3) is 2.86. The SMILES string of the molecule is Cc1cc2oc(C(=O)N3CCn4c(C)ccc4[C@H]3C(C)C)cc(=O)c2cc1C. The van der Waals surface area contributed by atoms with Crippen LogP contribution in [0.25, 0.3) is 11.0 Å². The lowest BCUT2D eigenvalue weighted by Crippen LogP contribution is -2.44. The van der Waals surface area contributed by atoms with Crippen LogP contribution >= 0.6 is 0 Å². The normalized spacial score (nSPS) is 16.6. The fraction of sp³-hybridized carbons (Fsp3) is 0.391. The molecule has 0 unspecified atom stereocenters. The molecule has 146 valence electrons. The summed E-state index contributed by atoms with van der Waals surface area (Å²) in [7, 11) is 0. The van der Waals surface area contributed by atoms with Crippen molar-refractivity contribution < 1.29 is 9.21 Å². The van der Waals surface area contributed by atoms with E-state index in [9.17, 15) is 9.59 Å². The van der Waals surface area contributed by atoms with E-state index >= 15 is 0 Å². The van der Waals surface area contributed by atoms with E-state index in [0.29, 0.717) is 17.5 Å². The maximum absolute atomic E-state index is 13.4. The molecule has 0 aliphatic carbocycles. The van der Waals surface area contributed by atoms with Gasteiger partial charge in [0.05, 0.1) is 11.4 Å². The van der Waals surface area contributed by atoms with Gasteiger partial charge in [0.15, 0.2) is 11.2 Å². The number of aromatic nitrogens is 1. The second-order valence-electron chi connectivity index (χ2n) is 8.15. The lowest BCUT2D eigenvalue weighted by Gasteiger charge is -2.39. The molecule has 1 amide bonds. The van der Waals surface area contributed by atoms with Crippen LogP contribution in [0.1, 0.15) is 53.0 Å². The predicted molar refractivity (Wildman–Crippen MR) is 110 cm³/mol. The van der Waals surface area contributed by atoms with Crippen LogP contribution in [-0.2, 0) is 6.54 Å². The van der Waals surface area contributed by atoms with Gasteiger partial charge in [0.2, 0.25) is 0 Å². The lowest BCUT2D eigenvalue weighted by molar-refractivity contribution is 0.0523. The summed E-state index contributed by atoms with van der Waals surface area (Å²) >= 11 is 0. The van der Waals surface area contributed by atoms with E-state index in [1.54, 1.807) is 0 Å². The van der Waals surface area contributed by atoms with Crippen LogP contribution in [0.4, 0.5) is 0 Å². The van der Waals surface area contributed by atoms with Crippen LogP contribution in [0.3, 0.4) is 0 Å². The zero-order valence-electron chi connectivity index (χ0n) is 17.1. The lowest BCUT2D eigenvalue weighted by atomic mass is 9.96. The largest absolute Gasteiger partial charge is 0.451 e. The molecule has 28 heavy (non-hydrogen) atoms. The van der Waals surface area contributed by atoms with Crippen molar-refractivity contribution >= 4 is 16.9 Å². The van der Waals surface area contributed by atoms with Crippen LogP contribution in [0.2, 0.25) is 0 Å². The smallest absolute Gasteiger partial charge is 0.290 e. The van der Waals surface area contributed by atoms with Crippen molar-refractivity contribution in [3.63, 3.8) is 0 Å². The number of aryl methyl sites for hydroxylation is 3. The number of amides is 1. The Labute approximate surface area is 164 Å². The molecule has 0 saturated heterocycles. The summed E-state index contributed by atoms with van der Waals surface area (Å²) in [5.41, 5.74) is 4.70. The first-order valence-corrected chi connectivity index (χ1v) is 9.80. The summed E-state index contributed by atoms with van der Waals surface area (Å²) in [4.78, 5) is 27.8. The van der Waals surface area contributed by atoms with Crippen molar-refractivity contribution in [2.24, 2.45) is 5.92 Å². The van der Waals surface area contributed by atoms with Gasteiger partial charge in [-0.1, -0.05) is 13.8 Å². The second kappa shape index (κ2) is 6.66. The highest BCUT2D eigenvalue weighted by molar-refractivity contribution is 5.93. The average Bonchev–Trinajstić information content (AvgIpc) is 3.02. The number of carbonyl (C=O) groups is 1. The minimum Gasteiger partial charge on any atom is -0.451 e. The highest BCUT2D eigenvalue weighted by Crippen LogP contribution is 2.34. The van der Waals surface area contributed by atoms with Gasteiger partial charge in [0, 0.05) is 30.5 Å². The van der Waals surface area contributed by atoms with Crippen molar-refractivity contribution in [1.29, 1.82) is 0 Å². The first kappa shape index (κ1) is 18.5. The third-order valence-electron chi connectivity index (χ3n) is 5.88. The number of benzene rings is 1. The molecule has 5 heteroatoms. The molecular weight excluding hydrogens is 352 g/mol. The van der Waals surface area contributed by atoms with E-state index in [4.69, 9.17) is 4.42 Å². The molecule has 2 aromatic heterocycles. The van der Waals surface area contributed by atoms with Gasteiger partial charge in [-0.25, -0.2) is 0 Å². The number of rotatable bonds is 2. The summed E-state index contributed by atoms with van der Waals surface area (Å²) in [6.07, 6.45) is 0. The molecule has 1 atom stereocenters. The quantitative estimate of drug-likeness (QED) is 0.665. The Morgan fingerprint density at radius 2 is 1.79 bits per heavy atom. The number of nitrogens with zero attached hydrogens (tertiary/aromatic N) is 2. The van der Waals surface area contributed by atoms with Crippen molar-refractivity contribution in [2.45, 2.75) is 47.2 Å². The summed E-state index contributed by atoms with van der Waals surface area (Å²) in [6, 6.07) is 9.17. The summed E-state index contributed by atoms with van der Waals surface area (Å²) in [5, 5.41) is 0.517. The van der Waals surface area contributed by atoms with Gasteiger partial charge in [-0.05, 0) is 62.1 Å². The molecule has 1 aliphatic rings. The van der Waals surface area contributed by atoms with Gasteiger partial charge in [-0.15, -0.1) is 0 Å². The van der Waals surface area contributed by atoms with Crippen LogP contribution in [-0.4, -0.2) is 21.9 Å². The third-order valence-corrected chi connectivity index (χ3v) is 5.88. The number of hydrogen-bond donors (Lipinski definition) is 0. The highest BCUT2D eigenvalue weighted by Gasteiger charge is 2.35. The van der Waals surface area contributed by atoms with Gasteiger partial charge < -0.3 is 13.9 Å². The van der Waals surface area contributed by atoms with Crippen molar-refractivity contribution in [2.75, 3.05) is 6.54 Å². The molecule has 0 bridgehead atoms. The van der Waals surface area contributed by atoms with Gasteiger partial charge in [-0.3, -0.25) is 9.59 Å². The molecule has 0 N–H and O–H groups in total. The Kier molecular flexibility index (Phi) is 4.41. The molecular formula is C23H26N2O3. The molecule has 0 saturated carbocycles. The second-order valence-corrected chi connectivity index (χ2v) is 8.15. The average molecular weight is 378 g/mol. The fourth-order valence-corrected chi connectivity index (χ4v) is 4.25. The maximum atomic E-state index is 13.4. The first-order valence-electron chi connectivity index (χ1n) is 9.80. The zero-order chi connectivity index (χ0) is 20.2. The van der Waals surface area contributed by atoms with E-state index in [2.05, 4.69) is 37.5 Å². The Balaban J connectivity index is 1.78. The van der Waals surface area contributed by atoms with Crippen LogP contribution in [0, 0.1) is 26.7 Å². The van der Waals surface area contributed by atoms with Gasteiger partial charge in [-0.2, -0.15) is 0 Å². The molecule has 0 spiro atoms. The summed E-state index contributed by atoms with van der Waals surface area (Å²) in [5.74, 6) is 0.138. The molecule has 0 fully saturated rings. The molecule has 5 nitrogen and oxygen atoms in total. The fourth-order valence-electron chi connectivity index (χ4n) is 4.25. The van der Waals surface area contributed by atoms with E-state index in [-0.39, 0.29) is 29.1 Å². The Morgan fingerprint density at radius 3 is 2.50 bits per heavy atom. The van der Waals surface area contributed by atoms with E-state index < -0.39 is 0 Å². The van der Waals surface area contributed by atoms with Gasteiger partial charge in [0.25, 0.3) is 5.91 Å². The minimum atomic E-state index is -0.221. The molecule has 4 rings (SSSR count). The molecule has 3 aromatic rings. The minimum absolute atomic E-state index is 0.0456. The van der Waals surface area contributed by atoms with Gasteiger partial charge >= 0.3 is 0 Å². The van der Waals surface area contributed by atoms with E-state index in [0.717, 1.165) is 23.4 Å². The predicted octanol–water partition coefficient (Wildman–Crippen LogP) is 4.37. The standard InChI is InChI=1S/C23H26N2O3/c1-13(2)22-18-7-6-16(5)24(18)8-9-25(22)23(27)21-12-19(26)17-10-14(3)15(4)11-20(17)28-21/h6-7,10-13,22H,8-9H2,1-5H3/t22-/m1/s1. The molecule has 1 aliphatic heterocycles. The van der Waals surface area contributed by atoms with Crippen molar-refractivity contribution in [3.8, 4) is 0 Å². The van der Waals surface area contributed by atoms with Crippen molar-refractivity contribution in [1.82, 2.24) is 9.47 Å². The Morgan fingerprint density at radius 1 is 1.07 bits per heavy atom. The maximum Gasteiger partial charge on any atom is 0.290 e. The Bertz CT molecular complexity index is 1140.